The number of fused-ring (bicyclic) bond motifs is 1. The first-order valence-electron chi connectivity index (χ1n) is 9.47. The summed E-state index contributed by atoms with van der Waals surface area (Å²) in [5.74, 6) is -5.05. The highest BCUT2D eigenvalue weighted by molar-refractivity contribution is 7.89. The zero-order valence-electron chi connectivity index (χ0n) is 16.6. The summed E-state index contributed by atoms with van der Waals surface area (Å²) in [7, 11) is -4.35. The van der Waals surface area contributed by atoms with E-state index in [1.807, 2.05) is 0 Å². The maximum atomic E-state index is 15.0. The third kappa shape index (κ3) is 3.61. The SMILES string of the molecule is Cc1c(F)c(-c2c(F)cc(S(=O)(=O)N3CC[C@H](F)C3)cc2F)nc2cc(C(=O)O)ccc12. The molecule has 168 valence electrons. The number of nitrogens with zero attached hydrogens (tertiary/aromatic N) is 2. The molecule has 32 heavy (non-hydrogen) atoms. The number of carboxylic acid groups (broad SMARTS) is 1. The number of aryl methyl sites for hydroxylation is 1. The molecular weight excluding hydrogens is 452 g/mol. The van der Waals surface area contributed by atoms with Gasteiger partial charge in [-0.3, -0.25) is 0 Å². The molecule has 2 aromatic carbocycles. The molecule has 1 saturated heterocycles. The molecule has 4 rings (SSSR count). The van der Waals surface area contributed by atoms with Crippen LogP contribution in [0.3, 0.4) is 0 Å². The molecule has 0 spiro atoms. The van der Waals surface area contributed by atoms with Crippen molar-refractivity contribution < 1.29 is 35.9 Å². The molecule has 2 heterocycles. The summed E-state index contributed by atoms with van der Waals surface area (Å²) in [6, 6.07) is 4.80. The molecule has 1 aromatic heterocycles. The van der Waals surface area contributed by atoms with Crippen molar-refractivity contribution in [2.24, 2.45) is 0 Å². The Kier molecular flexibility index (Phi) is 5.41. The van der Waals surface area contributed by atoms with Gasteiger partial charge in [-0.2, -0.15) is 4.31 Å². The van der Waals surface area contributed by atoms with Crippen LogP contribution in [-0.2, 0) is 10.0 Å². The lowest BCUT2D eigenvalue weighted by molar-refractivity contribution is 0.0697. The summed E-state index contributed by atoms with van der Waals surface area (Å²) < 4.78 is 84.2. The Morgan fingerprint density at radius 2 is 1.81 bits per heavy atom. The van der Waals surface area contributed by atoms with E-state index in [0.717, 1.165) is 10.4 Å². The number of rotatable bonds is 4. The van der Waals surface area contributed by atoms with Gasteiger partial charge in [-0.1, -0.05) is 6.07 Å². The number of carbonyl (C=O) groups is 1. The van der Waals surface area contributed by atoms with Crippen LogP contribution in [0.25, 0.3) is 22.2 Å². The summed E-state index contributed by atoms with van der Waals surface area (Å²) in [5.41, 5.74) is -1.77. The van der Waals surface area contributed by atoms with Crippen molar-refractivity contribution in [1.82, 2.24) is 9.29 Å². The smallest absolute Gasteiger partial charge is 0.335 e. The van der Waals surface area contributed by atoms with Crippen LogP contribution in [0, 0.1) is 24.4 Å². The van der Waals surface area contributed by atoms with E-state index in [1.165, 1.54) is 19.1 Å². The van der Waals surface area contributed by atoms with Crippen LogP contribution >= 0.6 is 0 Å². The first-order chi connectivity index (χ1) is 15.0. The van der Waals surface area contributed by atoms with Gasteiger partial charge in [-0.05, 0) is 43.2 Å². The molecular formula is C21H16F4N2O4S. The van der Waals surface area contributed by atoms with Crippen LogP contribution in [0.4, 0.5) is 17.6 Å². The van der Waals surface area contributed by atoms with E-state index in [-0.39, 0.29) is 35.0 Å². The predicted molar refractivity (Wildman–Crippen MR) is 107 cm³/mol. The standard InChI is InChI=1S/C21H16F4N2O4S/c1-10-14-3-2-11(21(28)29)6-17(14)26-20(19(10)25)18-15(23)7-13(8-16(18)24)32(30,31)27-5-4-12(22)9-27/h2-3,6-8,12H,4-5,9H2,1H3,(H,28,29)/t12-/m0/s1. The van der Waals surface area contributed by atoms with Gasteiger partial charge in [0.25, 0.3) is 0 Å². The minimum absolute atomic E-state index is 0.000326. The van der Waals surface area contributed by atoms with E-state index in [1.54, 1.807) is 0 Å². The summed E-state index contributed by atoms with van der Waals surface area (Å²) in [4.78, 5) is 14.4. The van der Waals surface area contributed by atoms with Gasteiger partial charge in [0, 0.05) is 18.5 Å². The number of hydrogen-bond donors (Lipinski definition) is 1. The number of pyridine rings is 1. The molecule has 0 saturated carbocycles. The lowest BCUT2D eigenvalue weighted by Crippen LogP contribution is -2.29. The van der Waals surface area contributed by atoms with Gasteiger partial charge in [0.2, 0.25) is 10.0 Å². The van der Waals surface area contributed by atoms with Crippen LogP contribution in [0.2, 0.25) is 0 Å². The Bertz CT molecular complexity index is 1350. The van der Waals surface area contributed by atoms with Crippen LogP contribution in [0.5, 0.6) is 0 Å². The van der Waals surface area contributed by atoms with Gasteiger partial charge in [-0.15, -0.1) is 0 Å². The average Bonchev–Trinajstić information content (AvgIpc) is 3.17. The van der Waals surface area contributed by atoms with E-state index in [2.05, 4.69) is 4.98 Å². The molecule has 0 unspecified atom stereocenters. The summed E-state index contributed by atoms with van der Waals surface area (Å²) in [6.07, 6.45) is -1.39. The molecule has 0 amide bonds. The quantitative estimate of drug-likeness (QED) is 0.584. The predicted octanol–water partition coefficient (Wildman–Crippen LogP) is 4.06. The number of carboxylic acids is 1. The number of sulfonamides is 1. The normalized spacial score (nSPS) is 17.2. The number of alkyl halides is 1. The van der Waals surface area contributed by atoms with Gasteiger partial charge < -0.3 is 5.11 Å². The third-order valence-corrected chi connectivity index (χ3v) is 7.24. The minimum Gasteiger partial charge on any atom is -0.478 e. The van der Waals surface area contributed by atoms with Crippen molar-refractivity contribution in [3.63, 3.8) is 0 Å². The molecule has 0 bridgehead atoms. The van der Waals surface area contributed by atoms with Gasteiger partial charge in [0.15, 0.2) is 5.82 Å². The molecule has 1 N–H and O–H groups in total. The van der Waals surface area contributed by atoms with E-state index >= 15 is 0 Å². The number of halogens is 4. The van der Waals surface area contributed by atoms with E-state index in [0.29, 0.717) is 12.1 Å². The van der Waals surface area contributed by atoms with Crippen LogP contribution < -0.4 is 0 Å². The Labute approximate surface area is 180 Å². The molecule has 0 radical (unpaired) electrons. The first-order valence-corrected chi connectivity index (χ1v) is 10.9. The Balaban J connectivity index is 1.87. The highest BCUT2D eigenvalue weighted by Crippen LogP contribution is 2.34. The van der Waals surface area contributed by atoms with E-state index < -0.39 is 62.3 Å². The Morgan fingerprint density at radius 1 is 1.16 bits per heavy atom. The van der Waals surface area contributed by atoms with Crippen LogP contribution in [0.1, 0.15) is 22.3 Å². The van der Waals surface area contributed by atoms with Gasteiger partial charge >= 0.3 is 5.97 Å². The van der Waals surface area contributed by atoms with Gasteiger partial charge in [0.05, 0.1) is 21.5 Å². The fraction of sp³-hybridized carbons (Fsp3) is 0.238. The topological polar surface area (TPSA) is 87.6 Å². The molecule has 3 aromatic rings. The number of benzene rings is 2. The van der Waals surface area contributed by atoms with E-state index in [4.69, 9.17) is 5.11 Å². The number of aromatic nitrogens is 1. The maximum Gasteiger partial charge on any atom is 0.335 e. The fourth-order valence-corrected chi connectivity index (χ4v) is 5.19. The van der Waals surface area contributed by atoms with Crippen molar-refractivity contribution in [3.05, 3.63) is 58.9 Å². The lowest BCUT2D eigenvalue weighted by Gasteiger charge is -2.17. The number of aromatic carboxylic acids is 1. The summed E-state index contributed by atoms with van der Waals surface area (Å²) in [6.45, 7) is 0.804. The molecule has 1 aliphatic rings. The molecule has 1 atom stereocenters. The fourth-order valence-electron chi connectivity index (χ4n) is 3.69. The molecule has 6 nitrogen and oxygen atoms in total. The largest absolute Gasteiger partial charge is 0.478 e. The highest BCUT2D eigenvalue weighted by atomic mass is 32.2. The van der Waals surface area contributed by atoms with Crippen molar-refractivity contribution >= 4 is 26.9 Å². The first kappa shape index (κ1) is 22.2. The zero-order chi connectivity index (χ0) is 23.4. The maximum absolute atomic E-state index is 15.0. The van der Waals surface area contributed by atoms with Crippen molar-refractivity contribution in [3.8, 4) is 11.3 Å². The lowest BCUT2D eigenvalue weighted by atomic mass is 10.0. The molecule has 1 fully saturated rings. The van der Waals surface area contributed by atoms with Gasteiger partial charge in [-0.25, -0.2) is 35.8 Å². The van der Waals surface area contributed by atoms with Gasteiger partial charge in [0.1, 0.15) is 23.5 Å². The van der Waals surface area contributed by atoms with Crippen LogP contribution in [-0.4, -0.2) is 48.0 Å². The highest BCUT2D eigenvalue weighted by Gasteiger charge is 2.34. The van der Waals surface area contributed by atoms with Crippen molar-refractivity contribution in [1.29, 1.82) is 0 Å². The minimum atomic E-state index is -4.35. The summed E-state index contributed by atoms with van der Waals surface area (Å²) >= 11 is 0. The van der Waals surface area contributed by atoms with Crippen LogP contribution in [0.15, 0.2) is 35.2 Å². The molecule has 11 heteroatoms. The average molecular weight is 468 g/mol. The summed E-state index contributed by atoms with van der Waals surface area (Å²) in [5, 5.41) is 9.41. The molecule has 0 aliphatic carbocycles. The Hall–Kier alpha value is -3.05. The van der Waals surface area contributed by atoms with Crippen molar-refractivity contribution in [2.75, 3.05) is 13.1 Å². The third-order valence-electron chi connectivity index (χ3n) is 5.40. The zero-order valence-corrected chi connectivity index (χ0v) is 17.4. The second kappa shape index (κ2) is 7.82. The monoisotopic (exact) mass is 468 g/mol. The van der Waals surface area contributed by atoms with Crippen molar-refractivity contribution in [2.45, 2.75) is 24.4 Å². The second-order valence-electron chi connectivity index (χ2n) is 7.45. The second-order valence-corrected chi connectivity index (χ2v) is 9.39. The van der Waals surface area contributed by atoms with E-state index in [9.17, 15) is 30.8 Å². The molecule has 1 aliphatic heterocycles. The Morgan fingerprint density at radius 3 is 2.38 bits per heavy atom. The number of hydrogen-bond acceptors (Lipinski definition) is 4.